The van der Waals surface area contributed by atoms with E-state index in [1.807, 2.05) is 24.3 Å². The van der Waals surface area contributed by atoms with Gasteiger partial charge in [0.05, 0.1) is 14.2 Å². The summed E-state index contributed by atoms with van der Waals surface area (Å²) in [5.74, 6) is 2.28. The first-order valence-corrected chi connectivity index (χ1v) is 9.64. The number of aromatic nitrogens is 1. The molecule has 1 aliphatic heterocycles. The van der Waals surface area contributed by atoms with E-state index in [1.54, 1.807) is 49.5 Å². The zero-order valence-electron chi connectivity index (χ0n) is 16.5. The van der Waals surface area contributed by atoms with Crippen molar-refractivity contribution in [1.29, 1.82) is 0 Å². The van der Waals surface area contributed by atoms with Gasteiger partial charge in [-0.05, 0) is 48.5 Å². The van der Waals surface area contributed by atoms with Crippen LogP contribution in [0.4, 0.5) is 17.2 Å². The molecule has 4 rings (SSSR count). The smallest absolute Gasteiger partial charge is 0.269 e. The molecule has 0 unspecified atom stereocenters. The Hall–Kier alpha value is -3.45. The second-order valence-corrected chi connectivity index (χ2v) is 6.98. The number of amides is 1. The van der Waals surface area contributed by atoms with Gasteiger partial charge in [-0.15, -0.1) is 0 Å². The van der Waals surface area contributed by atoms with Crippen molar-refractivity contribution in [2.24, 2.45) is 0 Å². The number of ether oxygens (including phenoxy) is 3. The van der Waals surface area contributed by atoms with Crippen LogP contribution in [0.5, 0.6) is 17.4 Å². The third-order valence-electron chi connectivity index (χ3n) is 4.70. The fourth-order valence-electron chi connectivity index (χ4n) is 3.19. The molecular weight excluding hydrogens is 406 g/mol. The van der Waals surface area contributed by atoms with Crippen LogP contribution in [-0.4, -0.2) is 31.7 Å². The molecule has 0 atom stereocenters. The second kappa shape index (κ2) is 8.51. The van der Waals surface area contributed by atoms with E-state index in [9.17, 15) is 4.79 Å². The van der Waals surface area contributed by atoms with Crippen LogP contribution in [0.3, 0.4) is 0 Å². The Morgan fingerprint density at radius 2 is 1.90 bits per heavy atom. The zero-order valence-corrected chi connectivity index (χ0v) is 17.3. The fourth-order valence-corrected chi connectivity index (χ4v) is 3.32. The number of carbonyl (C=O) groups is 1. The van der Waals surface area contributed by atoms with Crippen molar-refractivity contribution in [3.8, 4) is 17.4 Å². The lowest BCUT2D eigenvalue weighted by atomic mass is 10.2. The molecule has 30 heavy (non-hydrogen) atoms. The van der Waals surface area contributed by atoms with Gasteiger partial charge in [0.25, 0.3) is 5.91 Å². The van der Waals surface area contributed by atoms with Crippen molar-refractivity contribution in [1.82, 2.24) is 4.98 Å². The molecule has 0 bridgehead atoms. The summed E-state index contributed by atoms with van der Waals surface area (Å²) in [5.41, 5.74) is 2.25. The predicted octanol–water partition coefficient (Wildman–Crippen LogP) is 4.42. The van der Waals surface area contributed by atoms with Crippen molar-refractivity contribution in [3.63, 3.8) is 0 Å². The van der Waals surface area contributed by atoms with Gasteiger partial charge in [0.2, 0.25) is 5.88 Å². The molecule has 0 aliphatic carbocycles. The molecule has 1 amide bonds. The first kappa shape index (κ1) is 19.8. The van der Waals surface area contributed by atoms with E-state index in [1.165, 1.54) is 0 Å². The molecule has 0 saturated carbocycles. The molecule has 2 heterocycles. The van der Waals surface area contributed by atoms with Gasteiger partial charge in [-0.1, -0.05) is 11.6 Å². The Kier molecular flexibility index (Phi) is 5.63. The Morgan fingerprint density at radius 3 is 2.63 bits per heavy atom. The Labute approximate surface area is 179 Å². The second-order valence-electron chi connectivity index (χ2n) is 6.55. The molecule has 3 aromatic rings. The van der Waals surface area contributed by atoms with E-state index in [0.717, 1.165) is 17.1 Å². The molecule has 154 valence electrons. The minimum Gasteiger partial charge on any atom is -0.497 e. The predicted molar refractivity (Wildman–Crippen MR) is 115 cm³/mol. The van der Waals surface area contributed by atoms with Crippen LogP contribution in [0.1, 0.15) is 5.56 Å². The molecule has 1 N–H and O–H groups in total. The molecule has 1 aliphatic rings. The van der Waals surface area contributed by atoms with E-state index in [2.05, 4.69) is 10.3 Å². The van der Waals surface area contributed by atoms with E-state index in [-0.39, 0.29) is 12.5 Å². The van der Waals surface area contributed by atoms with Gasteiger partial charge in [-0.2, -0.15) is 4.98 Å². The quantitative estimate of drug-likeness (QED) is 0.630. The summed E-state index contributed by atoms with van der Waals surface area (Å²) in [7, 11) is 3.23. The van der Waals surface area contributed by atoms with Crippen LogP contribution in [0.2, 0.25) is 5.02 Å². The Balaban J connectivity index is 1.56. The molecule has 7 nitrogen and oxygen atoms in total. The SMILES string of the molecule is COc1ccc(CNc2ccc3c(n2)OCC(=O)N3c2ccc(Cl)cc2)c(OC)c1. The molecule has 8 heteroatoms. The number of hydrogen-bond acceptors (Lipinski definition) is 6. The van der Waals surface area contributed by atoms with Gasteiger partial charge in [-0.25, -0.2) is 0 Å². The van der Waals surface area contributed by atoms with Crippen LogP contribution >= 0.6 is 11.6 Å². The van der Waals surface area contributed by atoms with Crippen LogP contribution in [0.25, 0.3) is 0 Å². The first-order valence-electron chi connectivity index (χ1n) is 9.26. The molecule has 2 aromatic carbocycles. The molecule has 0 saturated heterocycles. The minimum absolute atomic E-state index is 0.0849. The lowest BCUT2D eigenvalue weighted by Crippen LogP contribution is -2.35. The van der Waals surface area contributed by atoms with E-state index < -0.39 is 0 Å². The monoisotopic (exact) mass is 425 g/mol. The number of nitrogens with zero attached hydrogens (tertiary/aromatic N) is 2. The molecular formula is C22H20ClN3O4. The standard InChI is InChI=1S/C22H20ClN3O4/c1-28-17-8-3-14(19(11-17)29-2)12-24-20-10-9-18-22(25-20)30-13-21(27)26(18)16-6-4-15(23)5-7-16/h3-11H,12-13H2,1-2H3,(H,24,25). The summed E-state index contributed by atoms with van der Waals surface area (Å²) in [6.45, 7) is 0.414. The number of rotatable bonds is 6. The van der Waals surface area contributed by atoms with Crippen molar-refractivity contribution < 1.29 is 19.0 Å². The van der Waals surface area contributed by atoms with Crippen LogP contribution in [0, 0.1) is 0 Å². The van der Waals surface area contributed by atoms with E-state index >= 15 is 0 Å². The highest BCUT2D eigenvalue weighted by Gasteiger charge is 2.28. The maximum Gasteiger partial charge on any atom is 0.269 e. The van der Waals surface area contributed by atoms with Crippen molar-refractivity contribution >= 4 is 34.7 Å². The first-order chi connectivity index (χ1) is 14.6. The van der Waals surface area contributed by atoms with Gasteiger partial charge in [0, 0.05) is 28.9 Å². The maximum absolute atomic E-state index is 12.5. The van der Waals surface area contributed by atoms with E-state index in [0.29, 0.717) is 34.6 Å². The Bertz CT molecular complexity index is 1070. The third-order valence-corrected chi connectivity index (χ3v) is 4.95. The molecule has 0 fully saturated rings. The van der Waals surface area contributed by atoms with Gasteiger partial charge >= 0.3 is 0 Å². The van der Waals surface area contributed by atoms with Gasteiger partial charge in [0.1, 0.15) is 23.0 Å². The summed E-state index contributed by atoms with van der Waals surface area (Å²) in [6.07, 6.45) is 0. The molecule has 0 radical (unpaired) electrons. The average Bonchev–Trinajstić information content (AvgIpc) is 2.78. The summed E-state index contributed by atoms with van der Waals surface area (Å²) >= 11 is 5.97. The highest BCUT2D eigenvalue weighted by molar-refractivity contribution is 6.30. The lowest BCUT2D eigenvalue weighted by Gasteiger charge is -2.29. The number of fused-ring (bicyclic) bond motifs is 1. The minimum atomic E-state index is -0.171. The topological polar surface area (TPSA) is 72.9 Å². The van der Waals surface area contributed by atoms with Gasteiger partial charge in [0.15, 0.2) is 6.61 Å². The number of carbonyl (C=O) groups excluding carboxylic acids is 1. The number of hydrogen-bond donors (Lipinski definition) is 1. The number of benzene rings is 2. The van der Waals surface area contributed by atoms with Crippen LogP contribution in [0.15, 0.2) is 54.6 Å². The normalized spacial score (nSPS) is 12.8. The van der Waals surface area contributed by atoms with Gasteiger partial charge in [-0.3, -0.25) is 9.69 Å². The summed E-state index contributed by atoms with van der Waals surface area (Å²) in [5, 5.41) is 3.87. The van der Waals surface area contributed by atoms with Crippen LogP contribution in [-0.2, 0) is 11.3 Å². The summed E-state index contributed by atoms with van der Waals surface area (Å²) < 4.78 is 16.2. The lowest BCUT2D eigenvalue weighted by molar-refractivity contribution is -0.120. The number of pyridine rings is 1. The third kappa shape index (κ3) is 3.97. The van der Waals surface area contributed by atoms with Crippen LogP contribution < -0.4 is 24.4 Å². The van der Waals surface area contributed by atoms with E-state index in [4.69, 9.17) is 25.8 Å². The van der Waals surface area contributed by atoms with Crippen molar-refractivity contribution in [2.75, 3.05) is 31.0 Å². The zero-order chi connectivity index (χ0) is 21.1. The number of halogens is 1. The molecule has 0 spiro atoms. The fraction of sp³-hybridized carbons (Fsp3) is 0.182. The van der Waals surface area contributed by atoms with Crippen molar-refractivity contribution in [3.05, 3.63) is 65.2 Å². The summed E-state index contributed by atoms with van der Waals surface area (Å²) in [4.78, 5) is 18.6. The molecule has 1 aromatic heterocycles. The van der Waals surface area contributed by atoms with Crippen molar-refractivity contribution in [2.45, 2.75) is 6.54 Å². The highest BCUT2D eigenvalue weighted by atomic mass is 35.5. The Morgan fingerprint density at radius 1 is 1.10 bits per heavy atom. The van der Waals surface area contributed by atoms with Gasteiger partial charge < -0.3 is 19.5 Å². The number of nitrogens with one attached hydrogen (secondary N) is 1. The highest BCUT2D eigenvalue weighted by Crippen LogP contribution is 2.37. The summed E-state index contributed by atoms with van der Waals surface area (Å²) in [6, 6.07) is 16.3. The number of methoxy groups -OCH3 is 2. The maximum atomic E-state index is 12.5. The largest absolute Gasteiger partial charge is 0.497 e. The average molecular weight is 426 g/mol. The number of anilines is 3.